The molecular weight excluding hydrogens is 274 g/mol. The van der Waals surface area contributed by atoms with E-state index >= 15 is 0 Å². The third kappa shape index (κ3) is 3.75. The van der Waals surface area contributed by atoms with E-state index in [4.69, 9.17) is 4.74 Å². The number of aryl methyl sites for hydroxylation is 2. The van der Waals surface area contributed by atoms with E-state index in [1.807, 2.05) is 12.1 Å². The molecule has 0 bridgehead atoms. The van der Waals surface area contributed by atoms with E-state index in [2.05, 4.69) is 47.1 Å². The first-order valence-corrected chi connectivity index (χ1v) is 7.99. The minimum Gasteiger partial charge on any atom is -0.472 e. The Morgan fingerprint density at radius 2 is 1.68 bits per heavy atom. The molecule has 0 atom stereocenters. The first-order valence-electron chi connectivity index (χ1n) is 7.99. The Bertz CT molecular complexity index is 598. The zero-order valence-electron chi connectivity index (χ0n) is 13.4. The predicted molar refractivity (Wildman–Crippen MR) is 88.3 cm³/mol. The highest BCUT2D eigenvalue weighted by Gasteiger charge is 2.12. The van der Waals surface area contributed by atoms with Crippen LogP contribution < -0.4 is 9.64 Å². The summed E-state index contributed by atoms with van der Waals surface area (Å²) in [6, 6.07) is 10.4. The second kappa shape index (κ2) is 6.77. The van der Waals surface area contributed by atoms with Crippen LogP contribution in [0.3, 0.4) is 0 Å². The molecule has 0 N–H and O–H groups in total. The molecule has 4 nitrogen and oxygen atoms in total. The van der Waals surface area contributed by atoms with Crippen LogP contribution in [-0.4, -0.2) is 23.3 Å². The van der Waals surface area contributed by atoms with Gasteiger partial charge < -0.3 is 9.64 Å². The first-order chi connectivity index (χ1) is 10.7. The molecule has 1 aliphatic heterocycles. The molecule has 1 fully saturated rings. The maximum atomic E-state index is 5.75. The molecule has 3 rings (SSSR count). The van der Waals surface area contributed by atoms with Crippen molar-refractivity contribution in [3.63, 3.8) is 0 Å². The van der Waals surface area contributed by atoms with E-state index in [1.165, 1.54) is 36.0 Å². The lowest BCUT2D eigenvalue weighted by atomic mass is 10.1. The molecule has 1 aromatic heterocycles. The number of anilines is 1. The van der Waals surface area contributed by atoms with Gasteiger partial charge in [-0.3, -0.25) is 0 Å². The number of piperidine rings is 1. The van der Waals surface area contributed by atoms with Crippen molar-refractivity contribution in [2.75, 3.05) is 18.0 Å². The third-order valence-corrected chi connectivity index (χ3v) is 3.97. The average molecular weight is 297 g/mol. The summed E-state index contributed by atoms with van der Waals surface area (Å²) in [5.41, 5.74) is 3.68. The summed E-state index contributed by atoms with van der Waals surface area (Å²) in [5, 5.41) is 8.50. The summed E-state index contributed by atoms with van der Waals surface area (Å²) in [6.07, 6.45) is 3.81. The summed E-state index contributed by atoms with van der Waals surface area (Å²) in [6.45, 7) is 6.89. The zero-order valence-corrected chi connectivity index (χ0v) is 13.4. The van der Waals surface area contributed by atoms with Crippen LogP contribution in [0.5, 0.6) is 5.88 Å². The molecule has 0 radical (unpaired) electrons. The van der Waals surface area contributed by atoms with Gasteiger partial charge in [-0.05, 0) is 44.7 Å². The molecule has 0 saturated carbocycles. The fourth-order valence-corrected chi connectivity index (χ4v) is 2.99. The van der Waals surface area contributed by atoms with Crippen LogP contribution in [0.25, 0.3) is 0 Å². The Balaban J connectivity index is 1.61. The molecule has 0 unspecified atom stereocenters. The van der Waals surface area contributed by atoms with E-state index in [-0.39, 0.29) is 0 Å². The van der Waals surface area contributed by atoms with Crippen LogP contribution in [0.4, 0.5) is 5.82 Å². The van der Waals surface area contributed by atoms with Gasteiger partial charge in [0.15, 0.2) is 5.82 Å². The smallest absolute Gasteiger partial charge is 0.233 e. The topological polar surface area (TPSA) is 38.2 Å². The lowest BCUT2D eigenvalue weighted by Crippen LogP contribution is -2.30. The Morgan fingerprint density at radius 1 is 0.955 bits per heavy atom. The molecule has 2 heterocycles. The largest absolute Gasteiger partial charge is 0.472 e. The zero-order chi connectivity index (χ0) is 15.4. The quantitative estimate of drug-likeness (QED) is 0.863. The summed E-state index contributed by atoms with van der Waals surface area (Å²) >= 11 is 0. The van der Waals surface area contributed by atoms with Gasteiger partial charge in [0.25, 0.3) is 0 Å². The minimum absolute atomic E-state index is 0.528. The van der Waals surface area contributed by atoms with E-state index in [0.29, 0.717) is 12.5 Å². The number of hydrogen-bond acceptors (Lipinski definition) is 4. The number of ether oxygens (including phenoxy) is 1. The monoisotopic (exact) mass is 297 g/mol. The summed E-state index contributed by atoms with van der Waals surface area (Å²) in [5.74, 6) is 1.54. The van der Waals surface area contributed by atoms with Crippen molar-refractivity contribution in [1.82, 2.24) is 10.2 Å². The second-order valence-electron chi connectivity index (χ2n) is 6.06. The fraction of sp³-hybridized carbons (Fsp3) is 0.444. The van der Waals surface area contributed by atoms with Gasteiger partial charge in [-0.25, -0.2) is 0 Å². The number of benzene rings is 1. The number of hydrogen-bond donors (Lipinski definition) is 0. The first kappa shape index (κ1) is 14.8. The maximum absolute atomic E-state index is 5.75. The summed E-state index contributed by atoms with van der Waals surface area (Å²) < 4.78 is 5.75. The van der Waals surface area contributed by atoms with Crippen molar-refractivity contribution in [1.29, 1.82) is 0 Å². The van der Waals surface area contributed by atoms with Crippen LogP contribution in [0, 0.1) is 13.8 Å². The lowest BCUT2D eigenvalue weighted by molar-refractivity contribution is 0.290. The molecule has 1 aliphatic rings. The Hall–Kier alpha value is -2.10. The third-order valence-electron chi connectivity index (χ3n) is 3.97. The molecular formula is C18H23N3O. The molecule has 0 spiro atoms. The molecule has 22 heavy (non-hydrogen) atoms. The second-order valence-corrected chi connectivity index (χ2v) is 6.06. The number of rotatable bonds is 4. The van der Waals surface area contributed by atoms with E-state index in [0.717, 1.165) is 18.9 Å². The normalized spacial score (nSPS) is 14.9. The maximum Gasteiger partial charge on any atom is 0.233 e. The van der Waals surface area contributed by atoms with Gasteiger partial charge >= 0.3 is 0 Å². The number of aromatic nitrogens is 2. The fourth-order valence-electron chi connectivity index (χ4n) is 2.99. The van der Waals surface area contributed by atoms with Gasteiger partial charge in [-0.15, -0.1) is 10.2 Å². The molecule has 4 heteroatoms. The molecule has 1 aromatic carbocycles. The summed E-state index contributed by atoms with van der Waals surface area (Å²) in [4.78, 5) is 2.30. The van der Waals surface area contributed by atoms with Gasteiger partial charge in [0.2, 0.25) is 5.88 Å². The summed E-state index contributed by atoms with van der Waals surface area (Å²) in [7, 11) is 0. The van der Waals surface area contributed by atoms with Crippen LogP contribution in [0.1, 0.15) is 36.0 Å². The van der Waals surface area contributed by atoms with Gasteiger partial charge in [0, 0.05) is 19.2 Å². The molecule has 0 aliphatic carbocycles. The van der Waals surface area contributed by atoms with E-state index in [1.54, 1.807) is 0 Å². The highest BCUT2D eigenvalue weighted by molar-refractivity contribution is 5.38. The van der Waals surface area contributed by atoms with Gasteiger partial charge in [-0.1, -0.05) is 29.3 Å². The molecule has 0 amide bonds. The Morgan fingerprint density at radius 3 is 2.32 bits per heavy atom. The van der Waals surface area contributed by atoms with Crippen LogP contribution >= 0.6 is 0 Å². The van der Waals surface area contributed by atoms with Crippen molar-refractivity contribution < 1.29 is 4.74 Å². The van der Waals surface area contributed by atoms with Crippen molar-refractivity contribution in [2.24, 2.45) is 0 Å². The minimum atomic E-state index is 0.528. The van der Waals surface area contributed by atoms with Crippen molar-refractivity contribution in [3.8, 4) is 5.88 Å². The molecule has 116 valence electrons. The van der Waals surface area contributed by atoms with Crippen LogP contribution in [-0.2, 0) is 6.61 Å². The molecule has 2 aromatic rings. The standard InChI is InChI=1S/C18H23N3O/c1-14-10-15(2)12-16(11-14)13-22-18-7-6-17(19-20-18)21-8-4-3-5-9-21/h6-7,10-12H,3-5,8-9,13H2,1-2H3. The van der Waals surface area contributed by atoms with E-state index in [9.17, 15) is 0 Å². The Kier molecular flexibility index (Phi) is 4.56. The van der Waals surface area contributed by atoms with Crippen molar-refractivity contribution in [3.05, 3.63) is 47.0 Å². The van der Waals surface area contributed by atoms with Crippen LogP contribution in [0.15, 0.2) is 30.3 Å². The number of nitrogens with zero attached hydrogens (tertiary/aromatic N) is 3. The highest BCUT2D eigenvalue weighted by atomic mass is 16.5. The van der Waals surface area contributed by atoms with Gasteiger partial charge in [0.05, 0.1) is 0 Å². The SMILES string of the molecule is Cc1cc(C)cc(COc2ccc(N3CCCCC3)nn2)c1. The van der Waals surface area contributed by atoms with Crippen molar-refractivity contribution >= 4 is 5.82 Å². The van der Waals surface area contributed by atoms with Gasteiger partial charge in [0.1, 0.15) is 6.61 Å². The predicted octanol–water partition coefficient (Wildman–Crippen LogP) is 3.66. The Labute approximate surface area is 132 Å². The molecule has 1 saturated heterocycles. The lowest BCUT2D eigenvalue weighted by Gasteiger charge is -2.27. The van der Waals surface area contributed by atoms with E-state index < -0.39 is 0 Å². The average Bonchev–Trinajstić information content (AvgIpc) is 2.53. The van der Waals surface area contributed by atoms with Gasteiger partial charge in [-0.2, -0.15) is 0 Å². The highest BCUT2D eigenvalue weighted by Crippen LogP contribution is 2.19. The van der Waals surface area contributed by atoms with Crippen LogP contribution in [0.2, 0.25) is 0 Å². The van der Waals surface area contributed by atoms with Crippen molar-refractivity contribution in [2.45, 2.75) is 39.7 Å².